The maximum atomic E-state index is 13.2. The van der Waals surface area contributed by atoms with Crippen molar-refractivity contribution >= 4 is 111 Å². The summed E-state index contributed by atoms with van der Waals surface area (Å²) in [6.45, 7) is 29.4. The van der Waals surface area contributed by atoms with Crippen LogP contribution in [0, 0.1) is 0 Å². The van der Waals surface area contributed by atoms with Gasteiger partial charge >= 0.3 is 14.2 Å². The van der Waals surface area contributed by atoms with Crippen LogP contribution in [0.5, 0.6) is 0 Å². The van der Waals surface area contributed by atoms with E-state index in [2.05, 4.69) is 76.4 Å². The highest BCUT2D eigenvalue weighted by molar-refractivity contribution is 7.58. The van der Waals surface area contributed by atoms with E-state index in [1.807, 2.05) is 177 Å². The third-order valence-electron chi connectivity index (χ3n) is 13.5. The van der Waals surface area contributed by atoms with Gasteiger partial charge in [0.05, 0.1) is 0 Å². The summed E-state index contributed by atoms with van der Waals surface area (Å²) in [5, 5.41) is 8.10. The van der Waals surface area contributed by atoms with Gasteiger partial charge in [-0.05, 0) is 6.82 Å². The summed E-state index contributed by atoms with van der Waals surface area (Å²) in [5.41, 5.74) is 7.06. The zero-order valence-corrected chi connectivity index (χ0v) is 49.5. The van der Waals surface area contributed by atoms with Gasteiger partial charge in [-0.15, -0.1) is 0 Å². The molecule has 17 heteroatoms. The molecule has 0 aliphatic carbocycles. The molecule has 0 radical (unpaired) electrons. The molecule has 0 saturated carbocycles. The summed E-state index contributed by atoms with van der Waals surface area (Å²) in [7, 11) is -3.74. The minimum atomic E-state index is -2.96. The molecule has 14 nitrogen and oxygen atoms in total. The van der Waals surface area contributed by atoms with E-state index in [4.69, 9.17) is 44.4 Å². The van der Waals surface area contributed by atoms with Gasteiger partial charge in [-0.2, -0.15) is 0 Å². The molecule has 0 N–H and O–H groups in total. The summed E-state index contributed by atoms with van der Waals surface area (Å²) < 4.78 is 27.9. The van der Waals surface area contributed by atoms with Crippen molar-refractivity contribution in [2.75, 3.05) is 13.3 Å². The first kappa shape index (κ1) is 56.4. The molecule has 80 heavy (non-hydrogen) atoms. The topological polar surface area (TPSA) is 145 Å². The molecule has 0 saturated heterocycles. The van der Waals surface area contributed by atoms with Gasteiger partial charge in [0.2, 0.25) is 0 Å². The monoisotopic (exact) mass is 1080 g/mol. The van der Waals surface area contributed by atoms with Gasteiger partial charge in [0.1, 0.15) is 45.2 Å². The number of hydrogen-bond donors (Lipinski definition) is 0. The molecule has 0 unspecified atom stereocenters. The summed E-state index contributed by atoms with van der Waals surface area (Å²) in [6.07, 6.45) is 0. The Hall–Kier alpha value is -8.32. The Bertz CT molecular complexity index is 4480. The van der Waals surface area contributed by atoms with Gasteiger partial charge in [0.25, 0.3) is 0 Å². The highest BCUT2D eigenvalue weighted by Crippen LogP contribution is 2.45. The van der Waals surface area contributed by atoms with Crippen molar-refractivity contribution in [3.05, 3.63) is 190 Å². The van der Waals surface area contributed by atoms with Crippen molar-refractivity contribution in [1.29, 1.82) is 0 Å². The molecule has 8 bridgehead atoms. The minimum Gasteiger partial charge on any atom is -0.346 e. The summed E-state index contributed by atoms with van der Waals surface area (Å²) in [5.74, 6) is 5.76. The van der Waals surface area contributed by atoms with E-state index < -0.39 is 14.6 Å². The van der Waals surface area contributed by atoms with Gasteiger partial charge < -0.3 is 22.4 Å². The molecule has 6 aliphatic rings. The van der Waals surface area contributed by atoms with Gasteiger partial charge in [-0.3, -0.25) is 4.57 Å². The Morgan fingerprint density at radius 2 is 0.588 bits per heavy atom. The molecule has 10 aromatic rings. The smallest absolute Gasteiger partial charge is 0.346 e. The second-order valence-electron chi connectivity index (χ2n) is 17.8. The first-order chi connectivity index (χ1) is 39.3. The molecule has 6 aliphatic heterocycles. The van der Waals surface area contributed by atoms with Crippen molar-refractivity contribution < 1.29 is 9.01 Å². The van der Waals surface area contributed by atoms with Crippen LogP contribution in [0.15, 0.2) is 186 Å². The summed E-state index contributed by atoms with van der Waals surface area (Å²) in [4.78, 5) is 40.5. The lowest BCUT2D eigenvalue weighted by Gasteiger charge is -2.24. The number of amidine groups is 4. The molecule has 4 aromatic heterocycles. The van der Waals surface area contributed by atoms with Crippen molar-refractivity contribution in [2.45, 2.75) is 89.9 Å². The maximum absolute atomic E-state index is 13.2. The fourth-order valence-electron chi connectivity index (χ4n) is 10.7. The fourth-order valence-corrected chi connectivity index (χ4v) is 11.3. The number of fused-ring (bicyclic) bond motifs is 20. The summed E-state index contributed by atoms with van der Waals surface area (Å²) in [6, 6.07) is 49.0. The lowest BCUT2D eigenvalue weighted by molar-refractivity contribution is 0.483. The number of aromatic nitrogens is 4. The highest BCUT2D eigenvalue weighted by atomic mass is 31.2. The molecule has 0 atom stereocenters. The number of rotatable bonds is 2. The predicted octanol–water partition coefficient (Wildman–Crippen LogP) is 14.3. The van der Waals surface area contributed by atoms with E-state index in [1.54, 1.807) is 13.3 Å². The van der Waals surface area contributed by atoms with Crippen LogP contribution < -0.4 is 22.0 Å². The second-order valence-corrected chi connectivity index (χ2v) is 20.6. The quantitative estimate of drug-likeness (QED) is 0.125. The molecule has 0 spiro atoms. The minimum absolute atomic E-state index is 0.0309. The van der Waals surface area contributed by atoms with Gasteiger partial charge in [0.15, 0.2) is 30.7 Å². The van der Waals surface area contributed by atoms with Crippen LogP contribution in [0.3, 0.4) is 0 Å². The van der Waals surface area contributed by atoms with Crippen molar-refractivity contribution in [2.24, 2.45) is 39.9 Å². The molecule has 16 rings (SSSR count). The first-order valence-corrected chi connectivity index (χ1v) is 31.0. The molecule has 0 amide bonds. The SMILES string of the molecule is CB1n2c3c4ccccc4c2N=c2c4ccccc4c(n21)=NC1=NC(=N3)c2ccccc21.CC.CC.CC.CC.CC.CC.CP(C)(=O)OB1n2c3c4ccccc4c2N=c2c4ccccc4c(n21)=NC1=NC(=N3)c2ccccc21. The highest BCUT2D eigenvalue weighted by Gasteiger charge is 2.41. The van der Waals surface area contributed by atoms with Crippen LogP contribution in [-0.4, -0.2) is 68.8 Å². The third-order valence-corrected chi connectivity index (χ3v) is 14.2. The molecule has 404 valence electrons. The van der Waals surface area contributed by atoms with E-state index in [0.29, 0.717) is 46.0 Å². The largest absolute Gasteiger partial charge is 0.568 e. The zero-order valence-electron chi connectivity index (χ0n) is 48.6. The van der Waals surface area contributed by atoms with Crippen LogP contribution in [0.25, 0.3) is 43.1 Å². The Kier molecular flexibility index (Phi) is 16.6. The Morgan fingerprint density at radius 3 is 0.950 bits per heavy atom. The molecular weight excluding hydrogens is 1010 g/mol. The van der Waals surface area contributed by atoms with Crippen LogP contribution in [-0.2, 0) is 9.01 Å². The number of nitrogens with zero attached hydrogens (tertiary/aromatic N) is 12. The van der Waals surface area contributed by atoms with Crippen molar-refractivity contribution in [3.8, 4) is 0 Å². The lowest BCUT2D eigenvalue weighted by Crippen LogP contribution is -2.49. The van der Waals surface area contributed by atoms with E-state index in [-0.39, 0.29) is 6.98 Å². The average molecular weight is 1080 g/mol. The number of aliphatic imine (C=N–C) groups is 4. The standard InChI is InChI=1S/C26H18BN6O2P.C25H15BN6.6C2H6/c1-36(2,34)35-27-32-23-17-11-5-7-13-19(17)25(32)31-26-20-14-8-6-12-18(20)24(33(26)27)30-22-16-10-4-3-9-15(16)21(28-22)29-23;1-26-31-22-16-10-4-6-12-18(16)24(31)30-25-19-13-7-5-11-17(19)23(32(25)26)29-21-15-9-3-2-8-14(15)20(27-21)28-22;6*1-2/h3-14H,1-2H3;2-13H,1H3;6*1-2H3. The number of hydrogen-bond acceptors (Lipinski definition) is 10. The predicted molar refractivity (Wildman–Crippen MR) is 338 cm³/mol. The third kappa shape index (κ3) is 9.04. The first-order valence-electron chi connectivity index (χ1n) is 28.4. The second kappa shape index (κ2) is 23.6. The Balaban J connectivity index is 0.000000164. The lowest BCUT2D eigenvalue weighted by atomic mass is 9.78. The van der Waals surface area contributed by atoms with Crippen molar-refractivity contribution in [3.63, 3.8) is 0 Å². The molecular formula is C63H69B2N12O2P. The Labute approximate surface area is 468 Å². The number of benzene rings is 6. The van der Waals surface area contributed by atoms with Crippen LogP contribution in [0.2, 0.25) is 6.82 Å². The summed E-state index contributed by atoms with van der Waals surface area (Å²) >= 11 is 0. The van der Waals surface area contributed by atoms with Gasteiger partial charge in [0, 0.05) is 78.7 Å². The zero-order chi connectivity index (χ0) is 57.2. The molecule has 6 aromatic carbocycles. The van der Waals surface area contributed by atoms with E-state index >= 15 is 0 Å². The maximum Gasteiger partial charge on any atom is 0.568 e. The van der Waals surface area contributed by atoms with Crippen molar-refractivity contribution in [1.82, 2.24) is 17.9 Å². The normalized spacial score (nSPS) is 13.4. The van der Waals surface area contributed by atoms with Crippen LogP contribution in [0.1, 0.15) is 105 Å². The van der Waals surface area contributed by atoms with Gasteiger partial charge in [-0.1, -0.05) is 229 Å². The van der Waals surface area contributed by atoms with E-state index in [0.717, 1.165) is 88.0 Å². The average Bonchev–Trinajstić information content (AvgIpc) is 4.47. The Morgan fingerprint density at radius 1 is 0.325 bits per heavy atom. The van der Waals surface area contributed by atoms with E-state index in [9.17, 15) is 4.57 Å². The fraction of sp³-hybridized carbons (Fsp3) is 0.238. The van der Waals surface area contributed by atoms with Crippen LogP contribution in [0.4, 0.5) is 23.3 Å². The van der Waals surface area contributed by atoms with Crippen LogP contribution >= 0.6 is 7.37 Å². The van der Waals surface area contributed by atoms with Gasteiger partial charge in [-0.25, -0.2) is 39.9 Å². The van der Waals surface area contributed by atoms with E-state index in [1.165, 1.54) is 0 Å². The molecule has 0 fully saturated rings. The molecule has 10 heterocycles.